The molecule has 2 aliphatic heterocycles. The van der Waals surface area contributed by atoms with Gasteiger partial charge in [-0.25, -0.2) is 0 Å². The molecule has 0 radical (unpaired) electrons. The summed E-state index contributed by atoms with van der Waals surface area (Å²) < 4.78 is 17.9. The Morgan fingerprint density at radius 1 is 0.489 bits per heavy atom. The van der Waals surface area contributed by atoms with E-state index in [1.54, 1.807) is 12.1 Å². The van der Waals surface area contributed by atoms with Gasteiger partial charge in [0.25, 0.3) is 23.6 Å². The van der Waals surface area contributed by atoms with Crippen LogP contribution in [0.2, 0.25) is 6.04 Å². The van der Waals surface area contributed by atoms with Crippen LogP contribution in [-0.2, 0) is 13.3 Å². The molecule has 0 atom stereocenters. The molecule has 0 saturated heterocycles. The summed E-state index contributed by atoms with van der Waals surface area (Å²) >= 11 is 0. The molecule has 0 spiro atoms. The Hall–Kier alpha value is -4.22. The van der Waals surface area contributed by atoms with E-state index >= 15 is 0 Å². The third-order valence-corrected chi connectivity index (χ3v) is 12.6. The molecule has 0 aliphatic carbocycles. The van der Waals surface area contributed by atoms with Crippen molar-refractivity contribution in [2.45, 2.75) is 53.0 Å². The predicted molar refractivity (Wildman–Crippen MR) is 183 cm³/mol. The van der Waals surface area contributed by atoms with E-state index in [9.17, 15) is 19.2 Å². The SMILES string of the molecule is CCCCN1C(=O)c2ccc3c4ccc5c6c(ccc(c7ccc(c2c37)C1=O)c64)C(=O)N(CCC[Si](OCC)(OCC)OCC)C5=O. The molecule has 10 heteroatoms. The van der Waals surface area contributed by atoms with Crippen molar-refractivity contribution in [1.29, 1.82) is 0 Å². The molecular formula is C37H38N2O7Si. The number of fused-ring (bicyclic) bond motifs is 2. The maximum absolute atomic E-state index is 14.0. The van der Waals surface area contributed by atoms with Crippen molar-refractivity contribution in [2.75, 3.05) is 32.9 Å². The van der Waals surface area contributed by atoms with Gasteiger partial charge in [-0.3, -0.25) is 29.0 Å². The van der Waals surface area contributed by atoms with Gasteiger partial charge in [0.05, 0.1) is 0 Å². The standard InChI is InChI=1S/C37H38N2O7Si/c1-5-9-19-38-34(40)26-15-11-22-24-13-17-28-33-29(18-14-25(31(24)33)23-12-16-27(35(38)41)32(26)30(22)23)37(43)39(36(28)42)20-10-21-47(44-6-2,45-7-3)46-8-4/h11-18H,5-10,19-21H2,1-4H3. The van der Waals surface area contributed by atoms with E-state index in [1.165, 1.54) is 9.80 Å². The fourth-order valence-electron chi connectivity index (χ4n) is 7.55. The van der Waals surface area contributed by atoms with Crippen molar-refractivity contribution in [1.82, 2.24) is 9.80 Å². The molecule has 2 aliphatic rings. The van der Waals surface area contributed by atoms with Crippen molar-refractivity contribution < 1.29 is 32.5 Å². The third-order valence-electron chi connectivity index (χ3n) is 9.50. The van der Waals surface area contributed by atoms with Crippen LogP contribution in [0.5, 0.6) is 0 Å². The van der Waals surface area contributed by atoms with Gasteiger partial charge < -0.3 is 13.3 Å². The van der Waals surface area contributed by atoms with Crippen LogP contribution in [0.1, 0.15) is 88.4 Å². The van der Waals surface area contributed by atoms with E-state index < -0.39 is 8.80 Å². The zero-order valence-corrected chi connectivity index (χ0v) is 28.2. The van der Waals surface area contributed by atoms with Gasteiger partial charge in [-0.2, -0.15) is 0 Å². The second-order valence-electron chi connectivity index (χ2n) is 12.1. The van der Waals surface area contributed by atoms with Gasteiger partial charge in [0.2, 0.25) is 0 Å². The van der Waals surface area contributed by atoms with E-state index in [1.807, 2.05) is 64.1 Å². The lowest BCUT2D eigenvalue weighted by Crippen LogP contribution is -2.47. The average molecular weight is 651 g/mol. The number of rotatable bonds is 13. The van der Waals surface area contributed by atoms with Crippen molar-refractivity contribution in [2.24, 2.45) is 0 Å². The van der Waals surface area contributed by atoms with E-state index in [4.69, 9.17) is 13.3 Å². The maximum Gasteiger partial charge on any atom is 0.500 e. The van der Waals surface area contributed by atoms with Crippen LogP contribution in [0.25, 0.3) is 43.1 Å². The molecule has 0 bridgehead atoms. The lowest BCUT2D eigenvalue weighted by Gasteiger charge is -2.31. The third kappa shape index (κ3) is 4.69. The van der Waals surface area contributed by atoms with Gasteiger partial charge >= 0.3 is 8.80 Å². The van der Waals surface area contributed by atoms with Crippen LogP contribution in [0, 0.1) is 0 Å². The Morgan fingerprint density at radius 3 is 1.15 bits per heavy atom. The zero-order valence-electron chi connectivity index (χ0n) is 27.2. The quantitative estimate of drug-likeness (QED) is 0.0576. The summed E-state index contributed by atoms with van der Waals surface area (Å²) in [5, 5.41) is 6.52. The van der Waals surface area contributed by atoms with Crippen molar-refractivity contribution in [3.05, 3.63) is 70.8 Å². The minimum absolute atomic E-state index is 0.217. The van der Waals surface area contributed by atoms with Crippen LogP contribution in [0.15, 0.2) is 48.5 Å². The highest BCUT2D eigenvalue weighted by Gasteiger charge is 2.41. The predicted octanol–water partition coefficient (Wildman–Crippen LogP) is 7.17. The van der Waals surface area contributed by atoms with Crippen molar-refractivity contribution in [3.8, 4) is 0 Å². The van der Waals surface area contributed by atoms with Crippen LogP contribution in [0.3, 0.4) is 0 Å². The number of carbonyl (C=O) groups excluding carboxylic acids is 4. The fraction of sp³-hybridized carbons (Fsp3) is 0.351. The Balaban J connectivity index is 1.32. The molecule has 4 amide bonds. The number of hydrogen-bond acceptors (Lipinski definition) is 7. The molecule has 5 aromatic rings. The average Bonchev–Trinajstić information content (AvgIpc) is 3.07. The molecule has 0 N–H and O–H groups in total. The van der Waals surface area contributed by atoms with E-state index in [2.05, 4.69) is 0 Å². The highest BCUT2D eigenvalue weighted by molar-refractivity contribution is 6.60. The summed E-state index contributed by atoms with van der Waals surface area (Å²) in [6, 6.07) is 15.5. The number of nitrogens with zero attached hydrogens (tertiary/aromatic N) is 2. The van der Waals surface area contributed by atoms with Gasteiger partial charge in [0, 0.05) is 72.0 Å². The van der Waals surface area contributed by atoms with E-state index in [0.717, 1.165) is 45.2 Å². The summed E-state index contributed by atoms with van der Waals surface area (Å²) in [7, 11) is -2.93. The number of carbonyl (C=O) groups is 4. The van der Waals surface area contributed by atoms with Crippen molar-refractivity contribution in [3.63, 3.8) is 0 Å². The number of unbranched alkanes of at least 4 members (excludes halogenated alkanes) is 1. The Bertz CT molecular complexity index is 1970. The molecular weight excluding hydrogens is 613 g/mol. The summed E-state index contributed by atoms with van der Waals surface area (Å²) in [4.78, 5) is 57.7. The summed E-state index contributed by atoms with van der Waals surface area (Å²) in [6.07, 6.45) is 2.12. The van der Waals surface area contributed by atoms with Crippen LogP contribution >= 0.6 is 0 Å². The Labute approximate surface area is 274 Å². The molecule has 242 valence electrons. The Kier molecular flexibility index (Phi) is 8.08. The van der Waals surface area contributed by atoms with Gasteiger partial charge in [0.1, 0.15) is 0 Å². The largest absolute Gasteiger partial charge is 0.500 e. The molecule has 0 saturated carbocycles. The van der Waals surface area contributed by atoms with Crippen LogP contribution in [0.4, 0.5) is 0 Å². The minimum Gasteiger partial charge on any atom is -0.374 e. The first kappa shape index (κ1) is 31.4. The lowest BCUT2D eigenvalue weighted by atomic mass is 9.82. The normalized spacial score (nSPS) is 15.1. The van der Waals surface area contributed by atoms with Gasteiger partial charge in [-0.15, -0.1) is 0 Å². The van der Waals surface area contributed by atoms with Gasteiger partial charge in [-0.05, 0) is 90.2 Å². The fourth-order valence-corrected chi connectivity index (χ4v) is 10.1. The number of imide groups is 2. The second kappa shape index (κ2) is 12.1. The molecule has 0 fully saturated rings. The molecule has 0 unspecified atom stereocenters. The molecule has 9 nitrogen and oxygen atoms in total. The highest BCUT2D eigenvalue weighted by Crippen LogP contribution is 2.46. The van der Waals surface area contributed by atoms with Crippen molar-refractivity contribution >= 4 is 75.5 Å². The molecule has 0 aromatic heterocycles. The van der Waals surface area contributed by atoms with E-state index in [0.29, 0.717) is 71.9 Å². The maximum atomic E-state index is 14.0. The summed E-state index contributed by atoms with van der Waals surface area (Å²) in [5.41, 5.74) is 2.01. The molecule has 2 heterocycles. The number of hydrogen-bond donors (Lipinski definition) is 0. The van der Waals surface area contributed by atoms with Gasteiger partial charge in [0.15, 0.2) is 0 Å². The van der Waals surface area contributed by atoms with Crippen LogP contribution in [-0.4, -0.2) is 75.1 Å². The van der Waals surface area contributed by atoms with Crippen LogP contribution < -0.4 is 0 Å². The summed E-state index contributed by atoms with van der Waals surface area (Å²) in [6.45, 7) is 9.71. The smallest absolute Gasteiger partial charge is 0.374 e. The second-order valence-corrected chi connectivity index (χ2v) is 14.8. The van der Waals surface area contributed by atoms with Gasteiger partial charge in [-0.1, -0.05) is 37.6 Å². The first-order valence-electron chi connectivity index (χ1n) is 16.6. The highest BCUT2D eigenvalue weighted by atomic mass is 28.4. The summed E-state index contributed by atoms with van der Waals surface area (Å²) in [5.74, 6) is -1.20. The Morgan fingerprint density at radius 2 is 0.830 bits per heavy atom. The zero-order chi connectivity index (χ0) is 33.0. The molecule has 7 rings (SSSR count). The monoisotopic (exact) mass is 650 g/mol. The topological polar surface area (TPSA) is 102 Å². The number of benzene rings is 5. The first-order valence-corrected chi connectivity index (χ1v) is 18.6. The first-order chi connectivity index (χ1) is 22.8. The number of amides is 4. The molecule has 5 aromatic carbocycles. The lowest BCUT2D eigenvalue weighted by molar-refractivity contribution is 0.0576. The molecule has 47 heavy (non-hydrogen) atoms. The van der Waals surface area contributed by atoms with E-state index in [-0.39, 0.29) is 30.2 Å². The minimum atomic E-state index is -2.93.